The Balaban J connectivity index is 1.52. The van der Waals surface area contributed by atoms with E-state index in [0.717, 1.165) is 32.1 Å². The van der Waals surface area contributed by atoms with Crippen LogP contribution in [-0.4, -0.2) is 57.4 Å². The summed E-state index contributed by atoms with van der Waals surface area (Å²) in [4.78, 5) is 12.5. The lowest BCUT2D eigenvalue weighted by Gasteiger charge is -2.72. The molecule has 0 bridgehead atoms. The lowest BCUT2D eigenvalue weighted by Crippen LogP contribution is -2.70. The molecule has 0 spiro atoms. The van der Waals surface area contributed by atoms with Crippen molar-refractivity contribution in [2.24, 2.45) is 50.2 Å². The summed E-state index contributed by atoms with van der Waals surface area (Å²) in [5.74, 6) is 0.356. The van der Waals surface area contributed by atoms with Gasteiger partial charge >= 0.3 is 5.97 Å². The predicted molar refractivity (Wildman–Crippen MR) is 164 cm³/mol. The normalized spacial score (nSPS) is 51.2. The minimum Gasteiger partial charge on any atom is -0.465 e. The molecule has 5 aliphatic rings. The second-order valence-corrected chi connectivity index (χ2v) is 16.7. The molecule has 0 aromatic rings. The average molecular weight is 587 g/mol. The van der Waals surface area contributed by atoms with Gasteiger partial charge in [0.25, 0.3) is 0 Å². The number of aliphatic hydroxyl groups excluding tert-OH is 4. The molecule has 4 saturated carbocycles. The Labute approximate surface area is 254 Å². The summed E-state index contributed by atoms with van der Waals surface area (Å²) >= 11 is 0. The Morgan fingerprint density at radius 1 is 0.976 bits per heavy atom. The summed E-state index contributed by atoms with van der Waals surface area (Å²) in [5.41, 5.74) is -0.678. The average Bonchev–Trinajstić information content (AvgIpc) is 2.92. The quantitative estimate of drug-likeness (QED) is 0.226. The lowest BCUT2D eigenvalue weighted by atomic mass is 9.32. The molecule has 0 aromatic carbocycles. The molecule has 0 aliphatic heterocycles. The highest BCUT2D eigenvalue weighted by molar-refractivity contribution is 5.69. The number of hydrogen-bond donors (Lipinski definition) is 4. The van der Waals surface area contributed by atoms with E-state index in [1.54, 1.807) is 6.08 Å². The maximum Gasteiger partial charge on any atom is 0.306 e. The molecule has 0 aromatic heterocycles. The molecule has 238 valence electrons. The maximum atomic E-state index is 12.5. The molecule has 4 N–H and O–H groups in total. The van der Waals surface area contributed by atoms with Gasteiger partial charge in [0, 0.05) is 17.3 Å². The van der Waals surface area contributed by atoms with Crippen LogP contribution < -0.4 is 0 Å². The summed E-state index contributed by atoms with van der Waals surface area (Å²) in [5, 5.41) is 46.2. The van der Waals surface area contributed by atoms with E-state index in [0.29, 0.717) is 38.0 Å². The molecule has 12 atom stereocenters. The van der Waals surface area contributed by atoms with Gasteiger partial charge in [0.05, 0.1) is 31.0 Å². The molecule has 5 rings (SSSR count). The van der Waals surface area contributed by atoms with Crippen molar-refractivity contribution >= 4 is 5.97 Å². The van der Waals surface area contributed by atoms with E-state index in [1.807, 2.05) is 0 Å². The molecule has 42 heavy (non-hydrogen) atoms. The van der Waals surface area contributed by atoms with Gasteiger partial charge in [0.2, 0.25) is 0 Å². The van der Waals surface area contributed by atoms with Crippen LogP contribution in [0.1, 0.15) is 113 Å². The molecule has 3 unspecified atom stereocenters. The van der Waals surface area contributed by atoms with Gasteiger partial charge in [0.15, 0.2) is 0 Å². The highest BCUT2D eigenvalue weighted by Gasteiger charge is 2.72. The minimum atomic E-state index is -0.967. The van der Waals surface area contributed by atoms with Crippen LogP contribution in [-0.2, 0) is 9.53 Å². The number of rotatable bonds is 6. The molecule has 6 heteroatoms. The second kappa shape index (κ2) is 10.4. The molecule has 0 radical (unpaired) electrons. The van der Waals surface area contributed by atoms with Crippen molar-refractivity contribution in [3.8, 4) is 0 Å². The Morgan fingerprint density at radius 2 is 1.67 bits per heavy atom. The minimum absolute atomic E-state index is 0.0152. The molecular formula is C36H58O6. The van der Waals surface area contributed by atoms with Crippen molar-refractivity contribution < 1.29 is 30.0 Å². The van der Waals surface area contributed by atoms with Crippen molar-refractivity contribution in [2.75, 3.05) is 6.61 Å². The van der Waals surface area contributed by atoms with Gasteiger partial charge in [-0.15, -0.1) is 6.58 Å². The van der Waals surface area contributed by atoms with Crippen LogP contribution in [0.25, 0.3) is 0 Å². The van der Waals surface area contributed by atoms with Crippen molar-refractivity contribution in [3.63, 3.8) is 0 Å². The zero-order valence-corrected chi connectivity index (χ0v) is 27.3. The first kappa shape index (κ1) is 32.2. The third kappa shape index (κ3) is 4.13. The largest absolute Gasteiger partial charge is 0.465 e. The molecule has 0 saturated heterocycles. The van der Waals surface area contributed by atoms with Gasteiger partial charge < -0.3 is 25.2 Å². The monoisotopic (exact) mass is 586 g/mol. The first-order valence-electron chi connectivity index (χ1n) is 16.7. The van der Waals surface area contributed by atoms with Crippen LogP contribution in [0.15, 0.2) is 24.3 Å². The third-order valence-electron chi connectivity index (χ3n) is 14.6. The number of allylic oxidation sites excluding steroid dienone is 3. The fourth-order valence-electron chi connectivity index (χ4n) is 11.8. The van der Waals surface area contributed by atoms with Crippen molar-refractivity contribution in [3.05, 3.63) is 24.3 Å². The number of carbonyl (C=O) groups excluding carboxylic acids is 1. The van der Waals surface area contributed by atoms with E-state index in [4.69, 9.17) is 4.74 Å². The van der Waals surface area contributed by atoms with E-state index >= 15 is 0 Å². The van der Waals surface area contributed by atoms with E-state index < -0.39 is 40.7 Å². The van der Waals surface area contributed by atoms with E-state index in [1.165, 1.54) is 5.57 Å². The van der Waals surface area contributed by atoms with Crippen molar-refractivity contribution in [1.82, 2.24) is 0 Å². The summed E-state index contributed by atoms with van der Waals surface area (Å²) in [6.45, 7) is 19.5. The molecular weight excluding hydrogens is 528 g/mol. The van der Waals surface area contributed by atoms with Crippen LogP contribution in [0.3, 0.4) is 0 Å². The number of ether oxygens (including phenoxy) is 1. The fraction of sp³-hybridized carbons (Fsp3) is 0.861. The number of carbonyl (C=O) groups is 1. The number of aliphatic hydroxyl groups is 4. The van der Waals surface area contributed by atoms with E-state index in [-0.39, 0.29) is 40.7 Å². The van der Waals surface area contributed by atoms with Crippen molar-refractivity contribution in [2.45, 2.75) is 137 Å². The number of hydrogen-bond acceptors (Lipinski definition) is 6. The Hall–Kier alpha value is -1.21. The number of fused-ring (bicyclic) bond motifs is 7. The Bertz CT molecular complexity index is 1110. The molecule has 0 amide bonds. The highest BCUT2D eigenvalue weighted by Crippen LogP contribution is 2.76. The van der Waals surface area contributed by atoms with Crippen molar-refractivity contribution in [1.29, 1.82) is 0 Å². The van der Waals surface area contributed by atoms with Gasteiger partial charge in [0.1, 0.15) is 0 Å². The standard InChI is InChI=1S/C36H58O6/c1-9-11-12-28(39)42-21-33(6)24-15-18-34(7)25(32(24,5)17-16-26(33)37)14-13-22-23-19-31(3,4)29(40)30(41)36(23,10-2)27(38)20-35(22,34)8/h9,13,23-27,29-30,37-38,40-41H,1,10-12,14-21H2,2-8H3/t23?,24?,25?,26-,27+,29-,30-,32-,33+,34+,35+,36-/m0/s1. The molecule has 5 aliphatic carbocycles. The van der Waals surface area contributed by atoms with Gasteiger partial charge in [-0.05, 0) is 97.2 Å². The summed E-state index contributed by atoms with van der Waals surface area (Å²) in [7, 11) is 0. The van der Waals surface area contributed by atoms with E-state index in [2.05, 4.69) is 61.1 Å². The smallest absolute Gasteiger partial charge is 0.306 e. The summed E-state index contributed by atoms with van der Waals surface area (Å²) in [6.07, 6.45) is 8.49. The molecule has 0 heterocycles. The molecule has 6 nitrogen and oxygen atoms in total. The highest BCUT2D eigenvalue weighted by atomic mass is 16.5. The summed E-state index contributed by atoms with van der Waals surface area (Å²) in [6, 6.07) is 0. The first-order chi connectivity index (χ1) is 19.5. The zero-order chi connectivity index (χ0) is 31.1. The second-order valence-electron chi connectivity index (χ2n) is 16.7. The van der Waals surface area contributed by atoms with Gasteiger partial charge in [-0.1, -0.05) is 66.2 Å². The summed E-state index contributed by atoms with van der Waals surface area (Å²) < 4.78 is 5.82. The van der Waals surface area contributed by atoms with E-state index in [9.17, 15) is 25.2 Å². The van der Waals surface area contributed by atoms with Crippen LogP contribution in [0.4, 0.5) is 0 Å². The Kier molecular flexibility index (Phi) is 7.99. The zero-order valence-electron chi connectivity index (χ0n) is 27.3. The topological polar surface area (TPSA) is 107 Å². The number of esters is 1. The van der Waals surface area contributed by atoms with Crippen LogP contribution in [0.2, 0.25) is 0 Å². The first-order valence-corrected chi connectivity index (χ1v) is 16.7. The fourth-order valence-corrected chi connectivity index (χ4v) is 11.8. The Morgan fingerprint density at radius 3 is 2.31 bits per heavy atom. The van der Waals surface area contributed by atoms with Crippen LogP contribution in [0, 0.1) is 50.2 Å². The SMILES string of the molecule is C=CCCC(=O)OC[C@]1(C)C2CC[C@]3(C)C(CC=C4C5CC(C)(C)[C@@H](O)[C@H](O)[C@]5(CC)[C@H](O)C[C@]43C)[C@@]2(C)CC[C@@H]1O. The molecule has 4 fully saturated rings. The van der Waals surface area contributed by atoms with Crippen LogP contribution >= 0.6 is 0 Å². The van der Waals surface area contributed by atoms with Gasteiger partial charge in [-0.25, -0.2) is 0 Å². The van der Waals surface area contributed by atoms with Gasteiger partial charge in [-0.2, -0.15) is 0 Å². The van der Waals surface area contributed by atoms with Gasteiger partial charge in [-0.3, -0.25) is 4.79 Å². The maximum absolute atomic E-state index is 12.5. The lowest BCUT2D eigenvalue weighted by molar-refractivity contribution is -0.252. The third-order valence-corrected chi connectivity index (χ3v) is 14.6. The van der Waals surface area contributed by atoms with Crippen LogP contribution in [0.5, 0.6) is 0 Å². The predicted octanol–water partition coefficient (Wildman–Crippen LogP) is 5.96.